The van der Waals surface area contributed by atoms with Crippen LogP contribution in [0.2, 0.25) is 12.1 Å². The van der Waals surface area contributed by atoms with Crippen LogP contribution >= 0.6 is 0 Å². The molecule has 210 valence electrons. The van der Waals surface area contributed by atoms with E-state index >= 15 is 0 Å². The highest BCUT2D eigenvalue weighted by atomic mass is 28.2. The first-order chi connectivity index (χ1) is 17.1. The summed E-state index contributed by atoms with van der Waals surface area (Å²) in [6.07, 6.45) is 14.2. The first-order valence-corrected chi connectivity index (χ1v) is 16.0. The zero-order valence-corrected chi connectivity index (χ0v) is 25.1. The standard InChI is InChI=1S/C28H58O6Si/c1-7-29-27(30-8-2,31-9-3)23-19-15-13-17-21-25-35-26-22-18-14-16-20-24-28(32-10-4,33-11-5)34-12-6/h7-26H2,1-6H3. The number of unbranched alkanes of at least 4 members (excludes halogenated alkanes) is 8. The van der Waals surface area contributed by atoms with Gasteiger partial charge < -0.3 is 28.4 Å². The normalized spacial score (nSPS) is 12.5. The van der Waals surface area contributed by atoms with Gasteiger partial charge in [0.1, 0.15) is 0 Å². The topological polar surface area (TPSA) is 55.4 Å². The van der Waals surface area contributed by atoms with Crippen LogP contribution in [0.3, 0.4) is 0 Å². The van der Waals surface area contributed by atoms with Crippen molar-refractivity contribution in [2.75, 3.05) is 39.6 Å². The molecule has 0 aromatic carbocycles. The van der Waals surface area contributed by atoms with E-state index in [-0.39, 0.29) is 0 Å². The molecule has 0 unspecified atom stereocenters. The molecule has 0 saturated carbocycles. The van der Waals surface area contributed by atoms with Gasteiger partial charge in [-0.05, 0) is 54.4 Å². The summed E-state index contributed by atoms with van der Waals surface area (Å²) in [4.78, 5) is 0. The Morgan fingerprint density at radius 1 is 0.371 bits per heavy atom. The molecule has 0 bridgehead atoms. The van der Waals surface area contributed by atoms with Gasteiger partial charge in [-0.25, -0.2) is 0 Å². The van der Waals surface area contributed by atoms with Gasteiger partial charge in [-0.2, -0.15) is 0 Å². The number of ether oxygens (including phenoxy) is 6. The summed E-state index contributed by atoms with van der Waals surface area (Å²) in [5, 5.41) is 0. The van der Waals surface area contributed by atoms with E-state index in [2.05, 4.69) is 0 Å². The van der Waals surface area contributed by atoms with Crippen molar-refractivity contribution in [3.63, 3.8) is 0 Å². The second-order valence-corrected chi connectivity index (χ2v) is 10.2. The molecule has 0 fully saturated rings. The first-order valence-electron chi connectivity index (χ1n) is 14.6. The summed E-state index contributed by atoms with van der Waals surface area (Å²) in [5.74, 6) is -1.67. The zero-order valence-electron chi connectivity index (χ0n) is 24.1. The lowest BCUT2D eigenvalue weighted by Gasteiger charge is -2.32. The fourth-order valence-electron chi connectivity index (χ4n) is 4.37. The predicted octanol–water partition coefficient (Wildman–Crippen LogP) is 7.74. The van der Waals surface area contributed by atoms with E-state index in [1.165, 1.54) is 63.5 Å². The number of hydrogen-bond acceptors (Lipinski definition) is 6. The molecule has 0 N–H and O–H groups in total. The minimum absolute atomic E-state index is 0.609. The Morgan fingerprint density at radius 3 is 0.914 bits per heavy atom. The van der Waals surface area contributed by atoms with Gasteiger partial charge in [0, 0.05) is 62.0 Å². The van der Waals surface area contributed by atoms with Gasteiger partial charge >= 0.3 is 0 Å². The lowest BCUT2D eigenvalue weighted by atomic mass is 10.1. The smallest absolute Gasteiger partial charge is 0.282 e. The van der Waals surface area contributed by atoms with Gasteiger partial charge in [0.25, 0.3) is 11.9 Å². The van der Waals surface area contributed by atoms with Crippen molar-refractivity contribution < 1.29 is 28.4 Å². The molecule has 0 spiro atoms. The molecule has 0 aromatic heterocycles. The van der Waals surface area contributed by atoms with Crippen LogP contribution < -0.4 is 0 Å². The molecule has 7 heteroatoms. The molecular formula is C28H58O6Si. The summed E-state index contributed by atoms with van der Waals surface area (Å²) in [6, 6.07) is 2.78. The highest BCUT2D eigenvalue weighted by molar-refractivity contribution is 6.35. The Balaban J connectivity index is 3.70. The lowest BCUT2D eigenvalue weighted by molar-refractivity contribution is -0.380. The quantitative estimate of drug-likeness (QED) is 0.0600. The van der Waals surface area contributed by atoms with Crippen molar-refractivity contribution in [3.05, 3.63) is 0 Å². The molecule has 0 heterocycles. The van der Waals surface area contributed by atoms with Gasteiger partial charge in [-0.15, -0.1) is 0 Å². The SMILES string of the molecule is CCOC(CCCCCCC[Si]CCCCCCCC(OCC)(OCC)OCC)(OCC)OCC. The van der Waals surface area contributed by atoms with Crippen molar-refractivity contribution in [2.45, 2.75) is 143 Å². The predicted molar refractivity (Wildman–Crippen MR) is 146 cm³/mol. The van der Waals surface area contributed by atoms with Crippen LogP contribution in [-0.4, -0.2) is 61.1 Å². The highest BCUT2D eigenvalue weighted by Gasteiger charge is 2.32. The fraction of sp³-hybridized carbons (Fsp3) is 1.00. The highest BCUT2D eigenvalue weighted by Crippen LogP contribution is 2.25. The van der Waals surface area contributed by atoms with Crippen molar-refractivity contribution in [1.82, 2.24) is 0 Å². The van der Waals surface area contributed by atoms with Crippen molar-refractivity contribution in [1.29, 1.82) is 0 Å². The summed E-state index contributed by atoms with van der Waals surface area (Å²) in [7, 11) is 1.12. The van der Waals surface area contributed by atoms with Gasteiger partial charge in [0.2, 0.25) is 0 Å². The third-order valence-corrected chi connectivity index (χ3v) is 7.27. The molecule has 6 nitrogen and oxygen atoms in total. The summed E-state index contributed by atoms with van der Waals surface area (Å²) in [5.41, 5.74) is 0. The molecule has 0 atom stereocenters. The monoisotopic (exact) mass is 518 g/mol. The van der Waals surface area contributed by atoms with E-state index in [0.717, 1.165) is 35.2 Å². The second kappa shape index (κ2) is 24.3. The van der Waals surface area contributed by atoms with Gasteiger partial charge in [-0.1, -0.05) is 63.5 Å². The Kier molecular flexibility index (Phi) is 24.3. The van der Waals surface area contributed by atoms with Gasteiger partial charge in [-0.3, -0.25) is 0 Å². The molecular weight excluding hydrogens is 460 g/mol. The molecule has 0 saturated heterocycles. The van der Waals surface area contributed by atoms with E-state index in [0.29, 0.717) is 39.6 Å². The van der Waals surface area contributed by atoms with Crippen LogP contribution in [0, 0.1) is 0 Å². The molecule has 0 aliphatic carbocycles. The minimum atomic E-state index is -0.835. The van der Waals surface area contributed by atoms with Crippen LogP contribution in [0.1, 0.15) is 119 Å². The van der Waals surface area contributed by atoms with Crippen LogP contribution in [0.25, 0.3) is 0 Å². The average Bonchev–Trinajstić information content (AvgIpc) is 2.82. The molecule has 0 rings (SSSR count). The zero-order chi connectivity index (χ0) is 26.1. The van der Waals surface area contributed by atoms with Crippen LogP contribution in [0.5, 0.6) is 0 Å². The van der Waals surface area contributed by atoms with Crippen molar-refractivity contribution >= 4 is 9.52 Å². The maximum absolute atomic E-state index is 5.81. The Morgan fingerprint density at radius 2 is 0.629 bits per heavy atom. The van der Waals surface area contributed by atoms with Gasteiger partial charge in [0.05, 0.1) is 0 Å². The third-order valence-electron chi connectivity index (χ3n) is 5.86. The third kappa shape index (κ3) is 18.0. The van der Waals surface area contributed by atoms with E-state index < -0.39 is 11.9 Å². The molecule has 2 radical (unpaired) electrons. The van der Waals surface area contributed by atoms with Crippen LogP contribution in [-0.2, 0) is 28.4 Å². The average molecular weight is 519 g/mol. The fourth-order valence-corrected chi connectivity index (χ4v) is 5.62. The Labute approximate surface area is 220 Å². The lowest BCUT2D eigenvalue weighted by Crippen LogP contribution is -2.39. The molecule has 0 aliphatic rings. The summed E-state index contributed by atoms with van der Waals surface area (Å²) in [6.45, 7) is 15.6. The minimum Gasteiger partial charge on any atom is -0.328 e. The van der Waals surface area contributed by atoms with Crippen molar-refractivity contribution in [2.24, 2.45) is 0 Å². The van der Waals surface area contributed by atoms with Crippen molar-refractivity contribution in [3.8, 4) is 0 Å². The van der Waals surface area contributed by atoms with Crippen LogP contribution in [0.15, 0.2) is 0 Å². The molecule has 0 amide bonds. The summed E-state index contributed by atoms with van der Waals surface area (Å²) >= 11 is 0. The first kappa shape index (κ1) is 35.0. The van der Waals surface area contributed by atoms with Gasteiger partial charge in [0.15, 0.2) is 0 Å². The van der Waals surface area contributed by atoms with E-state index in [9.17, 15) is 0 Å². The number of rotatable bonds is 28. The Bertz CT molecular complexity index is 366. The maximum atomic E-state index is 5.81. The largest absolute Gasteiger partial charge is 0.328 e. The summed E-state index contributed by atoms with van der Waals surface area (Å²) < 4.78 is 34.8. The number of hydrogen-bond donors (Lipinski definition) is 0. The van der Waals surface area contributed by atoms with E-state index in [1.54, 1.807) is 0 Å². The maximum Gasteiger partial charge on any atom is 0.282 e. The molecule has 35 heavy (non-hydrogen) atoms. The second-order valence-electron chi connectivity index (χ2n) is 8.75. The molecule has 0 aliphatic heterocycles. The van der Waals surface area contributed by atoms with Crippen LogP contribution in [0.4, 0.5) is 0 Å². The molecule has 0 aromatic rings. The Hall–Kier alpha value is -0.0231. The van der Waals surface area contributed by atoms with E-state index in [1.807, 2.05) is 41.5 Å². The van der Waals surface area contributed by atoms with E-state index in [4.69, 9.17) is 28.4 Å².